The minimum atomic E-state index is -0.669. The van der Waals surface area contributed by atoms with E-state index < -0.39 is 11.9 Å². The number of nitrogens with one attached hydrogen (secondary N) is 1. The van der Waals surface area contributed by atoms with E-state index in [1.54, 1.807) is 36.3 Å². The highest BCUT2D eigenvalue weighted by atomic mass is 35.5. The van der Waals surface area contributed by atoms with Gasteiger partial charge in [0.1, 0.15) is 6.04 Å². The molecule has 0 spiro atoms. The second-order valence-corrected chi connectivity index (χ2v) is 4.30. The molecule has 0 saturated carbocycles. The first kappa shape index (κ1) is 12.4. The van der Waals surface area contributed by atoms with Crippen LogP contribution in [0.2, 0.25) is 5.02 Å². The third kappa shape index (κ3) is 2.46. The van der Waals surface area contributed by atoms with Gasteiger partial charge in [-0.25, -0.2) is 4.98 Å². The van der Waals surface area contributed by atoms with Gasteiger partial charge in [0.05, 0.1) is 28.9 Å². The number of hydrogen-bond donors (Lipinski definition) is 2. The lowest BCUT2D eigenvalue weighted by Crippen LogP contribution is -2.29. The van der Waals surface area contributed by atoms with E-state index in [2.05, 4.69) is 10.3 Å². The number of amides is 1. The lowest BCUT2D eigenvalue weighted by molar-refractivity contribution is -0.118. The van der Waals surface area contributed by atoms with Crippen molar-refractivity contribution in [3.63, 3.8) is 0 Å². The molecule has 18 heavy (non-hydrogen) atoms. The lowest BCUT2D eigenvalue weighted by Gasteiger charge is -2.17. The van der Waals surface area contributed by atoms with E-state index in [1.165, 1.54) is 0 Å². The molecule has 0 radical (unpaired) electrons. The third-order valence-electron chi connectivity index (χ3n) is 2.61. The molecule has 94 valence electrons. The first-order valence-corrected chi connectivity index (χ1v) is 5.74. The van der Waals surface area contributed by atoms with E-state index in [0.29, 0.717) is 16.4 Å². The summed E-state index contributed by atoms with van der Waals surface area (Å²) in [7, 11) is 1.80. The number of carbonyl (C=O) groups is 1. The first-order valence-electron chi connectivity index (χ1n) is 5.36. The van der Waals surface area contributed by atoms with Crippen LogP contribution in [0.3, 0.4) is 0 Å². The van der Waals surface area contributed by atoms with Crippen LogP contribution < -0.4 is 11.1 Å². The van der Waals surface area contributed by atoms with Crippen molar-refractivity contribution in [1.29, 1.82) is 0 Å². The number of halogens is 1. The fraction of sp³-hybridized carbons (Fsp3) is 0.167. The number of primary amides is 1. The van der Waals surface area contributed by atoms with Crippen molar-refractivity contribution in [1.82, 2.24) is 9.55 Å². The second-order valence-electron chi connectivity index (χ2n) is 3.89. The normalized spacial score (nSPS) is 12.1. The van der Waals surface area contributed by atoms with Crippen LogP contribution in [0.4, 0.5) is 5.69 Å². The topological polar surface area (TPSA) is 72.9 Å². The fourth-order valence-electron chi connectivity index (χ4n) is 1.67. The van der Waals surface area contributed by atoms with Crippen molar-refractivity contribution in [2.75, 3.05) is 5.32 Å². The van der Waals surface area contributed by atoms with Crippen molar-refractivity contribution in [3.05, 3.63) is 47.5 Å². The monoisotopic (exact) mass is 264 g/mol. The summed E-state index contributed by atoms with van der Waals surface area (Å²) < 4.78 is 1.74. The average molecular weight is 265 g/mol. The number of aryl methyl sites for hydroxylation is 1. The Morgan fingerprint density at radius 1 is 1.50 bits per heavy atom. The summed E-state index contributed by atoms with van der Waals surface area (Å²) in [6.45, 7) is 0. The Bertz CT molecular complexity index is 567. The highest BCUT2D eigenvalue weighted by Crippen LogP contribution is 2.25. The predicted octanol–water partition coefficient (Wildman–Crippen LogP) is 1.71. The van der Waals surface area contributed by atoms with Gasteiger partial charge < -0.3 is 15.6 Å². The highest BCUT2D eigenvalue weighted by Gasteiger charge is 2.21. The molecule has 2 rings (SSSR count). The Kier molecular flexibility index (Phi) is 3.53. The van der Waals surface area contributed by atoms with Crippen LogP contribution in [-0.2, 0) is 11.8 Å². The molecule has 0 aliphatic carbocycles. The average Bonchev–Trinajstić information content (AvgIpc) is 2.74. The van der Waals surface area contributed by atoms with Crippen molar-refractivity contribution < 1.29 is 4.79 Å². The van der Waals surface area contributed by atoms with Crippen LogP contribution in [-0.4, -0.2) is 15.5 Å². The predicted molar refractivity (Wildman–Crippen MR) is 70.2 cm³/mol. The summed E-state index contributed by atoms with van der Waals surface area (Å²) in [5, 5.41) is 3.56. The Hall–Kier alpha value is -2.01. The van der Waals surface area contributed by atoms with Crippen LogP contribution >= 0.6 is 11.6 Å². The van der Waals surface area contributed by atoms with Crippen LogP contribution in [0.15, 0.2) is 36.8 Å². The van der Waals surface area contributed by atoms with E-state index in [-0.39, 0.29) is 0 Å². The van der Waals surface area contributed by atoms with Crippen LogP contribution in [0.5, 0.6) is 0 Å². The minimum Gasteiger partial charge on any atom is -0.368 e. The summed E-state index contributed by atoms with van der Waals surface area (Å²) >= 11 is 6.04. The van der Waals surface area contributed by atoms with Gasteiger partial charge in [-0.2, -0.15) is 0 Å². The van der Waals surface area contributed by atoms with Crippen LogP contribution in [0.1, 0.15) is 11.7 Å². The first-order chi connectivity index (χ1) is 8.59. The zero-order valence-corrected chi connectivity index (χ0v) is 10.6. The van der Waals surface area contributed by atoms with Gasteiger partial charge in [-0.1, -0.05) is 23.7 Å². The molecular weight excluding hydrogens is 252 g/mol. The minimum absolute atomic E-state index is 0.487. The van der Waals surface area contributed by atoms with Gasteiger partial charge in [-0.05, 0) is 12.1 Å². The molecule has 0 aliphatic rings. The second kappa shape index (κ2) is 5.10. The number of nitrogens with zero attached hydrogens (tertiary/aromatic N) is 2. The molecule has 1 aromatic carbocycles. The van der Waals surface area contributed by atoms with Gasteiger partial charge in [-0.15, -0.1) is 0 Å². The largest absolute Gasteiger partial charge is 0.368 e. The molecule has 1 unspecified atom stereocenters. The number of benzene rings is 1. The zero-order chi connectivity index (χ0) is 13.1. The van der Waals surface area contributed by atoms with Crippen molar-refractivity contribution in [2.24, 2.45) is 12.8 Å². The smallest absolute Gasteiger partial charge is 0.246 e. The maximum absolute atomic E-state index is 11.5. The van der Waals surface area contributed by atoms with E-state index in [9.17, 15) is 4.79 Å². The van der Waals surface area contributed by atoms with Crippen molar-refractivity contribution in [2.45, 2.75) is 6.04 Å². The summed E-state index contributed by atoms with van der Waals surface area (Å²) in [6, 6.07) is 6.50. The number of hydrogen-bond acceptors (Lipinski definition) is 3. The number of anilines is 1. The van der Waals surface area contributed by atoms with Crippen molar-refractivity contribution >= 4 is 23.2 Å². The standard InChI is InChI=1S/C12H13ClN4O/c1-17-7-15-6-10(17)11(12(14)18)16-9-5-3-2-4-8(9)13/h2-7,11,16H,1H3,(H2,14,18). The lowest BCUT2D eigenvalue weighted by atomic mass is 10.2. The maximum atomic E-state index is 11.5. The summed E-state index contributed by atoms with van der Waals surface area (Å²) in [4.78, 5) is 15.5. The Labute approximate surface area is 110 Å². The van der Waals surface area contributed by atoms with Gasteiger partial charge in [0.25, 0.3) is 0 Å². The zero-order valence-electron chi connectivity index (χ0n) is 9.80. The molecule has 3 N–H and O–H groups in total. The molecule has 1 aromatic heterocycles. The van der Waals surface area contributed by atoms with Gasteiger partial charge in [0.15, 0.2) is 0 Å². The van der Waals surface area contributed by atoms with Gasteiger partial charge >= 0.3 is 0 Å². The summed E-state index contributed by atoms with van der Waals surface area (Å²) in [6.07, 6.45) is 3.21. The molecule has 6 heteroatoms. The van der Waals surface area contributed by atoms with E-state index in [0.717, 1.165) is 0 Å². The number of carbonyl (C=O) groups excluding carboxylic acids is 1. The van der Waals surface area contributed by atoms with Crippen LogP contribution in [0, 0.1) is 0 Å². The SMILES string of the molecule is Cn1cncc1C(Nc1ccccc1Cl)C(N)=O. The van der Waals surface area contributed by atoms with E-state index in [1.807, 2.05) is 12.1 Å². The molecule has 2 aromatic rings. The quantitative estimate of drug-likeness (QED) is 0.883. The van der Waals surface area contributed by atoms with E-state index >= 15 is 0 Å². The number of nitrogens with two attached hydrogens (primary N) is 1. The van der Waals surface area contributed by atoms with Crippen LogP contribution in [0.25, 0.3) is 0 Å². The number of aromatic nitrogens is 2. The van der Waals surface area contributed by atoms with Gasteiger partial charge in [0.2, 0.25) is 5.91 Å². The molecular formula is C12H13ClN4O. The molecule has 0 saturated heterocycles. The third-order valence-corrected chi connectivity index (χ3v) is 2.94. The molecule has 0 bridgehead atoms. The molecule has 1 atom stereocenters. The molecule has 1 heterocycles. The number of imidazole rings is 1. The maximum Gasteiger partial charge on any atom is 0.246 e. The Morgan fingerprint density at radius 2 is 2.22 bits per heavy atom. The molecule has 0 fully saturated rings. The molecule has 1 amide bonds. The summed E-state index contributed by atoms with van der Waals surface area (Å²) in [5.74, 6) is -0.487. The highest BCUT2D eigenvalue weighted by molar-refractivity contribution is 6.33. The van der Waals surface area contributed by atoms with E-state index in [4.69, 9.17) is 17.3 Å². The number of para-hydroxylation sites is 1. The Balaban J connectivity index is 2.31. The van der Waals surface area contributed by atoms with Gasteiger partial charge in [-0.3, -0.25) is 4.79 Å². The van der Waals surface area contributed by atoms with Gasteiger partial charge in [0, 0.05) is 7.05 Å². The number of rotatable bonds is 4. The molecule has 5 nitrogen and oxygen atoms in total. The fourth-order valence-corrected chi connectivity index (χ4v) is 1.86. The summed E-state index contributed by atoms with van der Waals surface area (Å²) in [5.41, 5.74) is 6.75. The Morgan fingerprint density at radius 3 is 2.78 bits per heavy atom. The van der Waals surface area contributed by atoms with Crippen molar-refractivity contribution in [3.8, 4) is 0 Å². The molecule has 0 aliphatic heterocycles.